The van der Waals surface area contributed by atoms with Gasteiger partial charge in [-0.2, -0.15) is 0 Å². The number of anilines is 1. The van der Waals surface area contributed by atoms with E-state index in [1.165, 1.54) is 4.90 Å². The summed E-state index contributed by atoms with van der Waals surface area (Å²) in [4.78, 5) is 32.0. The number of carbonyl (C=O) groups is 2. The second-order valence-electron chi connectivity index (χ2n) is 7.60. The highest BCUT2D eigenvalue weighted by Crippen LogP contribution is 2.35. The molecule has 3 aromatic rings. The van der Waals surface area contributed by atoms with Crippen molar-refractivity contribution < 1.29 is 14.3 Å². The molecule has 8 nitrogen and oxygen atoms in total. The summed E-state index contributed by atoms with van der Waals surface area (Å²) in [5.74, 6) is 0.0356. The zero-order valence-corrected chi connectivity index (χ0v) is 19.9. The Morgan fingerprint density at radius 2 is 1.94 bits per heavy atom. The Morgan fingerprint density at radius 3 is 2.66 bits per heavy atom. The molecule has 0 atom stereocenters. The van der Waals surface area contributed by atoms with E-state index in [1.807, 2.05) is 35.9 Å². The summed E-state index contributed by atoms with van der Waals surface area (Å²) < 4.78 is 7.85. The predicted octanol–water partition coefficient (Wildman–Crippen LogP) is 3.17. The molecule has 1 N–H and O–H groups in total. The van der Waals surface area contributed by atoms with Gasteiger partial charge in [-0.3, -0.25) is 9.59 Å². The van der Waals surface area contributed by atoms with Crippen LogP contribution in [0.5, 0.6) is 5.75 Å². The maximum atomic E-state index is 12.6. The van der Waals surface area contributed by atoms with Crippen molar-refractivity contribution in [2.75, 3.05) is 39.1 Å². The van der Waals surface area contributed by atoms with Gasteiger partial charge in [0, 0.05) is 30.0 Å². The highest BCUT2D eigenvalue weighted by atomic mass is 35.5. The number of halogens is 2. The molecule has 0 aliphatic rings. The van der Waals surface area contributed by atoms with Crippen molar-refractivity contribution in [3.8, 4) is 5.75 Å². The number of hydrogen-bond acceptors (Lipinski definition) is 5. The zero-order chi connectivity index (χ0) is 23.4. The predicted molar refractivity (Wildman–Crippen MR) is 126 cm³/mol. The van der Waals surface area contributed by atoms with Crippen LogP contribution >= 0.6 is 23.2 Å². The van der Waals surface area contributed by atoms with Gasteiger partial charge in [-0.15, -0.1) is 0 Å². The minimum atomic E-state index is -0.314. The van der Waals surface area contributed by atoms with Crippen LogP contribution in [0.25, 0.3) is 5.65 Å². The van der Waals surface area contributed by atoms with Crippen LogP contribution in [0.4, 0.5) is 5.69 Å². The number of benzene rings is 1. The first-order valence-electron chi connectivity index (χ1n) is 9.89. The summed E-state index contributed by atoms with van der Waals surface area (Å²) >= 11 is 13.0. The number of rotatable bonds is 8. The van der Waals surface area contributed by atoms with Crippen molar-refractivity contribution in [1.82, 2.24) is 19.6 Å². The van der Waals surface area contributed by atoms with Crippen molar-refractivity contribution in [3.63, 3.8) is 0 Å². The highest BCUT2D eigenvalue weighted by molar-refractivity contribution is 6.38. The Labute approximate surface area is 196 Å². The van der Waals surface area contributed by atoms with E-state index < -0.39 is 0 Å². The fourth-order valence-corrected chi connectivity index (χ4v) is 3.73. The number of nitrogens with one attached hydrogen (secondary N) is 1. The summed E-state index contributed by atoms with van der Waals surface area (Å²) in [6.07, 6.45) is 3.79. The Morgan fingerprint density at radius 1 is 1.19 bits per heavy atom. The molecule has 10 heteroatoms. The first-order valence-corrected chi connectivity index (χ1v) is 10.6. The zero-order valence-electron chi connectivity index (χ0n) is 18.4. The van der Waals surface area contributed by atoms with Crippen molar-refractivity contribution in [3.05, 3.63) is 58.0 Å². The quantitative estimate of drug-likeness (QED) is 0.538. The van der Waals surface area contributed by atoms with Crippen molar-refractivity contribution in [1.29, 1.82) is 0 Å². The van der Waals surface area contributed by atoms with E-state index in [-0.39, 0.29) is 31.5 Å². The Hall–Kier alpha value is -2.81. The lowest BCUT2D eigenvalue weighted by molar-refractivity contribution is -0.125. The van der Waals surface area contributed by atoms with Crippen LogP contribution in [0.1, 0.15) is 11.3 Å². The van der Waals surface area contributed by atoms with Gasteiger partial charge in [0.15, 0.2) is 11.4 Å². The van der Waals surface area contributed by atoms with E-state index in [1.54, 1.807) is 38.2 Å². The molecule has 0 unspecified atom stereocenters. The molecule has 170 valence electrons. The maximum absolute atomic E-state index is 12.6. The third-order valence-corrected chi connectivity index (χ3v) is 5.51. The van der Waals surface area contributed by atoms with Gasteiger partial charge in [0.2, 0.25) is 11.8 Å². The average molecular weight is 478 g/mol. The van der Waals surface area contributed by atoms with Crippen LogP contribution in [0.2, 0.25) is 10.0 Å². The molecule has 2 amide bonds. The highest BCUT2D eigenvalue weighted by Gasteiger charge is 2.19. The van der Waals surface area contributed by atoms with Crippen molar-refractivity contribution in [2.45, 2.75) is 13.5 Å². The second kappa shape index (κ2) is 10.2. The normalized spacial score (nSPS) is 11.1. The summed E-state index contributed by atoms with van der Waals surface area (Å²) in [7, 11) is 5.14. The molecule has 0 aliphatic carbocycles. The molecular formula is C22H25Cl2N5O3. The van der Waals surface area contributed by atoms with Gasteiger partial charge in [-0.1, -0.05) is 23.2 Å². The van der Waals surface area contributed by atoms with E-state index in [2.05, 4.69) is 10.3 Å². The van der Waals surface area contributed by atoms with E-state index in [4.69, 9.17) is 27.9 Å². The van der Waals surface area contributed by atoms with E-state index in [9.17, 15) is 9.59 Å². The smallest absolute Gasteiger partial charge is 0.246 e. The third kappa shape index (κ3) is 5.51. The Bertz CT molecular complexity index is 1150. The number of fused-ring (bicyclic) bond motifs is 1. The van der Waals surface area contributed by atoms with E-state index >= 15 is 0 Å². The molecule has 0 bridgehead atoms. The van der Waals surface area contributed by atoms with Gasteiger partial charge in [0.25, 0.3) is 0 Å². The molecule has 2 heterocycles. The number of pyridine rings is 1. The standard InChI is InChI=1S/C22H25Cl2N5O3/c1-14-11-29-9-5-6-18(22(29)26-14)32-13-15-16(23)7-8-17(21(15)24)28(4)20(31)10-25-19(30)12-27(2)3/h5-9,11H,10,12-13H2,1-4H3,(H,25,30). The van der Waals surface area contributed by atoms with Crippen LogP contribution in [0.3, 0.4) is 0 Å². The first-order chi connectivity index (χ1) is 15.2. The third-order valence-electron chi connectivity index (χ3n) is 4.74. The maximum Gasteiger partial charge on any atom is 0.246 e. The summed E-state index contributed by atoms with van der Waals surface area (Å²) in [5, 5.41) is 3.33. The number of aromatic nitrogens is 2. The van der Waals surface area contributed by atoms with Gasteiger partial charge in [-0.25, -0.2) is 4.98 Å². The number of nitrogens with zero attached hydrogens (tertiary/aromatic N) is 4. The van der Waals surface area contributed by atoms with Gasteiger partial charge in [0.05, 0.1) is 29.5 Å². The molecule has 3 rings (SSSR count). The minimum Gasteiger partial charge on any atom is -0.485 e. The van der Waals surface area contributed by atoms with Gasteiger partial charge >= 0.3 is 0 Å². The number of imidazole rings is 1. The van der Waals surface area contributed by atoms with Crippen molar-refractivity contribution in [2.24, 2.45) is 0 Å². The lowest BCUT2D eigenvalue weighted by Gasteiger charge is -2.21. The molecule has 0 radical (unpaired) electrons. The molecule has 0 saturated heterocycles. The fourth-order valence-electron chi connectivity index (χ4n) is 3.12. The van der Waals surface area contributed by atoms with Gasteiger partial charge in [0.1, 0.15) is 6.61 Å². The van der Waals surface area contributed by atoms with Crippen molar-refractivity contribution >= 4 is 46.4 Å². The van der Waals surface area contributed by atoms with E-state index in [0.29, 0.717) is 32.7 Å². The van der Waals surface area contributed by atoms with Crippen LogP contribution < -0.4 is 15.0 Å². The molecule has 2 aromatic heterocycles. The lowest BCUT2D eigenvalue weighted by atomic mass is 10.2. The molecule has 1 aromatic carbocycles. The summed E-state index contributed by atoms with van der Waals surface area (Å²) in [5.41, 5.74) is 2.58. The van der Waals surface area contributed by atoms with Crippen LogP contribution in [-0.2, 0) is 16.2 Å². The molecule has 0 aliphatic heterocycles. The Kier molecular flexibility index (Phi) is 7.60. The summed E-state index contributed by atoms with van der Waals surface area (Å²) in [6.45, 7) is 2.06. The fraction of sp³-hybridized carbons (Fsp3) is 0.318. The lowest BCUT2D eigenvalue weighted by Crippen LogP contribution is -2.41. The number of carbonyl (C=O) groups excluding carboxylic acids is 2. The second-order valence-corrected chi connectivity index (χ2v) is 8.39. The van der Waals surface area contributed by atoms with Gasteiger partial charge < -0.3 is 24.3 Å². The largest absolute Gasteiger partial charge is 0.485 e. The average Bonchev–Trinajstić information content (AvgIpc) is 3.12. The summed E-state index contributed by atoms with van der Waals surface area (Å²) in [6, 6.07) is 7.00. The number of aryl methyl sites for hydroxylation is 1. The number of hydrogen-bond donors (Lipinski definition) is 1. The first kappa shape index (κ1) is 23.8. The molecular weight excluding hydrogens is 453 g/mol. The SMILES string of the molecule is Cc1cn2cccc(OCc3c(Cl)ccc(N(C)C(=O)CNC(=O)CN(C)C)c3Cl)c2n1. The number of ether oxygens (including phenoxy) is 1. The molecule has 0 fully saturated rings. The van der Waals surface area contributed by atoms with Crippen LogP contribution in [0.15, 0.2) is 36.7 Å². The molecule has 0 saturated carbocycles. The van der Waals surface area contributed by atoms with E-state index in [0.717, 1.165) is 5.69 Å². The van der Waals surface area contributed by atoms with Gasteiger partial charge in [-0.05, 0) is 45.3 Å². The molecule has 32 heavy (non-hydrogen) atoms. The van der Waals surface area contributed by atoms with Crippen LogP contribution in [0, 0.1) is 6.92 Å². The van der Waals surface area contributed by atoms with Crippen LogP contribution in [-0.4, -0.2) is 60.3 Å². The molecule has 0 spiro atoms. The minimum absolute atomic E-state index is 0.0959. The number of amides is 2. The monoisotopic (exact) mass is 477 g/mol. The topological polar surface area (TPSA) is 79.2 Å². The Balaban J connectivity index is 1.74. The number of likely N-dealkylation sites (N-methyl/N-ethyl adjacent to an activating group) is 2.